The molecule has 0 aliphatic heterocycles. The van der Waals surface area contributed by atoms with Crippen LogP contribution in [0, 0.1) is 5.92 Å². The highest BCUT2D eigenvalue weighted by Gasteiger charge is 2.12. The number of hydrogen-bond donors (Lipinski definition) is 0. The molecular formula is C52H104O2. The number of hydrogen-bond acceptors (Lipinski definition) is 2. The van der Waals surface area contributed by atoms with Crippen molar-refractivity contribution in [1.82, 2.24) is 0 Å². The highest BCUT2D eigenvalue weighted by Crippen LogP contribution is 2.22. The zero-order valence-electron chi connectivity index (χ0n) is 38.1. The van der Waals surface area contributed by atoms with E-state index < -0.39 is 0 Å². The summed E-state index contributed by atoms with van der Waals surface area (Å²) in [6.07, 6.45) is 63.2. The normalized spacial score (nSPS) is 11.6. The molecular weight excluding hydrogens is 657 g/mol. The molecule has 0 rings (SSSR count). The molecule has 0 aromatic carbocycles. The van der Waals surface area contributed by atoms with Crippen LogP contribution in [0.1, 0.15) is 316 Å². The van der Waals surface area contributed by atoms with Crippen LogP contribution in [0.5, 0.6) is 0 Å². The lowest BCUT2D eigenvalue weighted by atomic mass is 9.94. The first-order valence-electron chi connectivity index (χ1n) is 25.9. The van der Waals surface area contributed by atoms with E-state index in [1.165, 1.54) is 283 Å². The average molecular weight is 761 g/mol. The van der Waals surface area contributed by atoms with E-state index in [1.807, 2.05) is 0 Å². The number of rotatable bonds is 48. The molecule has 0 N–H and O–H groups in total. The highest BCUT2D eigenvalue weighted by atomic mass is 16.5. The minimum Gasteiger partial charge on any atom is -0.465 e. The third kappa shape index (κ3) is 45.9. The summed E-state index contributed by atoms with van der Waals surface area (Å²) in [7, 11) is 0. The highest BCUT2D eigenvalue weighted by molar-refractivity contribution is 5.69. The largest absolute Gasteiger partial charge is 0.465 e. The summed E-state index contributed by atoms with van der Waals surface area (Å²) >= 11 is 0. The molecule has 0 radical (unpaired) electrons. The van der Waals surface area contributed by atoms with Gasteiger partial charge in [0.2, 0.25) is 0 Å². The summed E-state index contributed by atoms with van der Waals surface area (Å²) in [6, 6.07) is 0. The maximum Gasteiger partial charge on any atom is 0.305 e. The Kier molecular flexibility index (Phi) is 48.1. The number of carbonyl (C=O) groups excluding carboxylic acids is 1. The molecule has 54 heavy (non-hydrogen) atoms. The summed E-state index contributed by atoms with van der Waals surface area (Å²) in [4.78, 5) is 12.7. The fourth-order valence-corrected chi connectivity index (χ4v) is 8.49. The fraction of sp³-hybridized carbons (Fsp3) is 0.981. The lowest BCUT2D eigenvalue weighted by Crippen LogP contribution is -2.14. The van der Waals surface area contributed by atoms with Gasteiger partial charge in [0.25, 0.3) is 0 Å². The van der Waals surface area contributed by atoms with E-state index in [2.05, 4.69) is 20.8 Å². The van der Waals surface area contributed by atoms with E-state index in [-0.39, 0.29) is 5.97 Å². The van der Waals surface area contributed by atoms with Crippen LogP contribution in [-0.2, 0) is 9.53 Å². The van der Waals surface area contributed by atoms with Crippen LogP contribution in [0.4, 0.5) is 0 Å². The number of esters is 1. The minimum atomic E-state index is 0.0663. The van der Waals surface area contributed by atoms with Gasteiger partial charge in [-0.3, -0.25) is 4.79 Å². The van der Waals surface area contributed by atoms with Crippen LogP contribution >= 0.6 is 0 Å². The second kappa shape index (κ2) is 48.6. The second-order valence-corrected chi connectivity index (χ2v) is 18.0. The number of carbonyl (C=O) groups is 1. The maximum absolute atomic E-state index is 12.7. The zero-order chi connectivity index (χ0) is 39.1. The van der Waals surface area contributed by atoms with Gasteiger partial charge in [-0.05, 0) is 25.2 Å². The van der Waals surface area contributed by atoms with Crippen molar-refractivity contribution in [2.45, 2.75) is 316 Å². The van der Waals surface area contributed by atoms with Crippen molar-refractivity contribution in [3.05, 3.63) is 0 Å². The Morgan fingerprint density at radius 2 is 0.500 bits per heavy atom. The van der Waals surface area contributed by atoms with E-state index in [4.69, 9.17) is 4.74 Å². The van der Waals surface area contributed by atoms with Crippen molar-refractivity contribution >= 4 is 5.97 Å². The molecule has 0 atom stereocenters. The molecule has 0 saturated heterocycles. The van der Waals surface area contributed by atoms with Crippen molar-refractivity contribution in [3.63, 3.8) is 0 Å². The summed E-state index contributed by atoms with van der Waals surface area (Å²) in [6.45, 7) is 7.58. The standard InChI is InChI=1S/C52H104O2/c1-4-7-10-13-16-19-22-25-28-31-34-37-40-43-46-49-52(53)54-50-51(47-44-41-38-35-32-29-26-23-20-17-14-11-8-5-2)48-45-42-39-36-33-30-27-24-21-18-15-12-9-6-3/h51H,4-50H2,1-3H3. The first-order chi connectivity index (χ1) is 26.7. The van der Waals surface area contributed by atoms with Gasteiger partial charge in [-0.2, -0.15) is 0 Å². The van der Waals surface area contributed by atoms with E-state index in [9.17, 15) is 4.79 Å². The second-order valence-electron chi connectivity index (χ2n) is 18.0. The lowest BCUT2D eigenvalue weighted by Gasteiger charge is -2.17. The van der Waals surface area contributed by atoms with E-state index in [0.29, 0.717) is 18.9 Å². The predicted molar refractivity (Wildman–Crippen MR) is 244 cm³/mol. The smallest absolute Gasteiger partial charge is 0.305 e. The molecule has 0 saturated carbocycles. The molecule has 2 heteroatoms. The fourth-order valence-electron chi connectivity index (χ4n) is 8.49. The Bertz CT molecular complexity index is 641. The first kappa shape index (κ1) is 53.5. The molecule has 0 bridgehead atoms. The Balaban J connectivity index is 4.04. The quantitative estimate of drug-likeness (QED) is 0.0456. The van der Waals surface area contributed by atoms with Gasteiger partial charge in [-0.15, -0.1) is 0 Å². The minimum absolute atomic E-state index is 0.0663. The van der Waals surface area contributed by atoms with Crippen LogP contribution in [0.3, 0.4) is 0 Å². The van der Waals surface area contributed by atoms with Gasteiger partial charge in [0.05, 0.1) is 6.61 Å². The topological polar surface area (TPSA) is 26.3 Å². The van der Waals surface area contributed by atoms with Crippen molar-refractivity contribution in [2.24, 2.45) is 5.92 Å². The third-order valence-corrected chi connectivity index (χ3v) is 12.4. The van der Waals surface area contributed by atoms with Gasteiger partial charge in [0.1, 0.15) is 0 Å². The Morgan fingerprint density at radius 3 is 0.741 bits per heavy atom. The van der Waals surface area contributed by atoms with Gasteiger partial charge in [0, 0.05) is 6.42 Å². The van der Waals surface area contributed by atoms with Gasteiger partial charge in [0.15, 0.2) is 0 Å². The Labute approximate surface area is 343 Å². The molecule has 2 nitrogen and oxygen atoms in total. The molecule has 0 fully saturated rings. The molecule has 0 unspecified atom stereocenters. The average Bonchev–Trinajstić information content (AvgIpc) is 3.18. The molecule has 0 heterocycles. The van der Waals surface area contributed by atoms with Crippen molar-refractivity contribution in [3.8, 4) is 0 Å². The predicted octanol–water partition coefficient (Wildman–Crippen LogP) is 19.2. The van der Waals surface area contributed by atoms with Crippen LogP contribution in [0.25, 0.3) is 0 Å². The van der Waals surface area contributed by atoms with E-state index >= 15 is 0 Å². The maximum atomic E-state index is 12.7. The van der Waals surface area contributed by atoms with Gasteiger partial charge >= 0.3 is 5.97 Å². The lowest BCUT2D eigenvalue weighted by molar-refractivity contribution is -0.145. The van der Waals surface area contributed by atoms with Crippen molar-refractivity contribution in [2.75, 3.05) is 6.61 Å². The summed E-state index contributed by atoms with van der Waals surface area (Å²) < 4.78 is 5.92. The van der Waals surface area contributed by atoms with E-state index in [0.717, 1.165) is 6.42 Å². The van der Waals surface area contributed by atoms with Gasteiger partial charge in [-0.25, -0.2) is 0 Å². The Morgan fingerprint density at radius 1 is 0.296 bits per heavy atom. The molecule has 0 aromatic heterocycles. The van der Waals surface area contributed by atoms with E-state index in [1.54, 1.807) is 0 Å². The molecule has 324 valence electrons. The molecule has 0 amide bonds. The molecule has 0 spiro atoms. The van der Waals surface area contributed by atoms with Crippen LogP contribution < -0.4 is 0 Å². The molecule has 0 aliphatic rings. The molecule has 0 aliphatic carbocycles. The van der Waals surface area contributed by atoms with Crippen molar-refractivity contribution in [1.29, 1.82) is 0 Å². The van der Waals surface area contributed by atoms with Gasteiger partial charge in [-0.1, -0.05) is 290 Å². The van der Waals surface area contributed by atoms with Gasteiger partial charge < -0.3 is 4.74 Å². The first-order valence-corrected chi connectivity index (χ1v) is 25.9. The molecule has 0 aromatic rings. The summed E-state index contributed by atoms with van der Waals surface area (Å²) in [5.41, 5.74) is 0. The zero-order valence-corrected chi connectivity index (χ0v) is 38.1. The van der Waals surface area contributed by atoms with Crippen LogP contribution in [0.2, 0.25) is 0 Å². The number of ether oxygens (including phenoxy) is 1. The third-order valence-electron chi connectivity index (χ3n) is 12.4. The summed E-state index contributed by atoms with van der Waals surface area (Å²) in [5, 5.41) is 0. The Hall–Kier alpha value is -0.530. The monoisotopic (exact) mass is 761 g/mol. The van der Waals surface area contributed by atoms with Crippen molar-refractivity contribution < 1.29 is 9.53 Å². The summed E-state index contributed by atoms with van der Waals surface area (Å²) in [5.74, 6) is 0.640. The number of unbranched alkanes of at least 4 members (excludes halogenated alkanes) is 40. The van der Waals surface area contributed by atoms with Crippen LogP contribution in [0.15, 0.2) is 0 Å². The SMILES string of the molecule is CCCCCCCCCCCCCCCCCC(=O)OCC(CCCCCCCCCCCCCCCC)CCCCCCCCCCCCCCCC. The van der Waals surface area contributed by atoms with Crippen LogP contribution in [-0.4, -0.2) is 12.6 Å².